The van der Waals surface area contributed by atoms with Crippen LogP contribution in [-0.2, 0) is 4.79 Å². The molecule has 21 heavy (non-hydrogen) atoms. The molecule has 4 heteroatoms. The number of nitrogens with one attached hydrogen (secondary N) is 1. The van der Waals surface area contributed by atoms with Crippen LogP contribution < -0.4 is 11.1 Å². The fourth-order valence-corrected chi connectivity index (χ4v) is 2.42. The summed E-state index contributed by atoms with van der Waals surface area (Å²) in [6, 6.07) is 17.3. The quantitative estimate of drug-likeness (QED) is 0.866. The minimum absolute atomic E-state index is 0.0337. The fourth-order valence-electron chi connectivity index (χ4n) is 2.15. The Morgan fingerprint density at radius 3 is 2.33 bits per heavy atom. The summed E-state index contributed by atoms with van der Waals surface area (Å²) < 4.78 is 1.02. The maximum atomic E-state index is 12.1. The Bertz CT molecular complexity index is 583. The van der Waals surface area contributed by atoms with Crippen molar-refractivity contribution in [3.8, 4) is 0 Å². The third kappa shape index (κ3) is 4.69. The summed E-state index contributed by atoms with van der Waals surface area (Å²) in [5.41, 5.74) is 8.11. The second-order valence-corrected chi connectivity index (χ2v) is 5.98. The minimum atomic E-state index is -0.275. The maximum Gasteiger partial charge on any atom is 0.222 e. The van der Waals surface area contributed by atoms with Crippen molar-refractivity contribution >= 4 is 21.8 Å². The van der Waals surface area contributed by atoms with E-state index in [9.17, 15) is 4.79 Å². The van der Waals surface area contributed by atoms with Crippen LogP contribution in [0.25, 0.3) is 0 Å². The first-order valence-corrected chi connectivity index (χ1v) is 7.71. The van der Waals surface area contributed by atoms with Gasteiger partial charge in [0.05, 0.1) is 6.04 Å². The normalized spacial score (nSPS) is 13.5. The molecule has 0 aromatic heterocycles. The Morgan fingerprint density at radius 1 is 1.10 bits per heavy atom. The van der Waals surface area contributed by atoms with Gasteiger partial charge in [0.2, 0.25) is 5.91 Å². The molecule has 0 heterocycles. The molecule has 0 aliphatic carbocycles. The van der Waals surface area contributed by atoms with Gasteiger partial charge in [-0.3, -0.25) is 4.79 Å². The molecule has 0 saturated heterocycles. The predicted octanol–water partition coefficient (Wildman–Crippen LogP) is 3.72. The van der Waals surface area contributed by atoms with Crippen LogP contribution in [0.1, 0.15) is 36.6 Å². The minimum Gasteiger partial charge on any atom is -0.350 e. The SMILES string of the molecule is C[C@H](NC(=O)C[C@@H](N)c1ccccc1)c1ccc(Br)cc1. The van der Waals surface area contributed by atoms with E-state index in [1.165, 1.54) is 0 Å². The molecule has 2 rings (SSSR count). The van der Waals surface area contributed by atoms with Gasteiger partial charge in [-0.1, -0.05) is 58.4 Å². The summed E-state index contributed by atoms with van der Waals surface area (Å²) in [6.45, 7) is 1.97. The molecule has 2 aromatic carbocycles. The molecule has 2 atom stereocenters. The summed E-state index contributed by atoms with van der Waals surface area (Å²) >= 11 is 3.40. The fraction of sp³-hybridized carbons (Fsp3) is 0.235. The molecular weight excluding hydrogens is 328 g/mol. The van der Waals surface area contributed by atoms with E-state index in [0.29, 0.717) is 0 Å². The molecule has 2 aromatic rings. The number of benzene rings is 2. The molecule has 0 fully saturated rings. The summed E-state index contributed by atoms with van der Waals surface area (Å²) in [5, 5.41) is 2.98. The van der Waals surface area contributed by atoms with E-state index >= 15 is 0 Å². The Labute approximate surface area is 133 Å². The highest BCUT2D eigenvalue weighted by atomic mass is 79.9. The number of hydrogen-bond acceptors (Lipinski definition) is 2. The zero-order valence-electron chi connectivity index (χ0n) is 11.9. The van der Waals surface area contributed by atoms with Crippen molar-refractivity contribution in [3.63, 3.8) is 0 Å². The van der Waals surface area contributed by atoms with Gasteiger partial charge in [-0.15, -0.1) is 0 Å². The number of amides is 1. The van der Waals surface area contributed by atoms with Gasteiger partial charge in [0.1, 0.15) is 0 Å². The predicted molar refractivity (Wildman–Crippen MR) is 88.7 cm³/mol. The average Bonchev–Trinajstić information content (AvgIpc) is 2.48. The van der Waals surface area contributed by atoms with Crippen LogP contribution in [0, 0.1) is 0 Å². The maximum absolute atomic E-state index is 12.1. The summed E-state index contributed by atoms with van der Waals surface area (Å²) in [4.78, 5) is 12.1. The van der Waals surface area contributed by atoms with Gasteiger partial charge in [-0.25, -0.2) is 0 Å². The van der Waals surface area contributed by atoms with Crippen LogP contribution >= 0.6 is 15.9 Å². The lowest BCUT2D eigenvalue weighted by Gasteiger charge is -2.17. The summed E-state index contributed by atoms with van der Waals surface area (Å²) in [7, 11) is 0. The molecule has 3 nitrogen and oxygen atoms in total. The van der Waals surface area contributed by atoms with E-state index in [-0.39, 0.29) is 24.4 Å². The Morgan fingerprint density at radius 2 is 1.71 bits per heavy atom. The van der Waals surface area contributed by atoms with Crippen molar-refractivity contribution in [1.82, 2.24) is 5.32 Å². The first-order chi connectivity index (χ1) is 10.1. The number of carbonyl (C=O) groups is 1. The third-order valence-corrected chi connectivity index (χ3v) is 3.91. The molecule has 0 unspecified atom stereocenters. The number of hydrogen-bond donors (Lipinski definition) is 2. The lowest BCUT2D eigenvalue weighted by atomic mass is 10.0. The third-order valence-electron chi connectivity index (χ3n) is 3.38. The second kappa shape index (κ2) is 7.38. The van der Waals surface area contributed by atoms with Crippen molar-refractivity contribution in [1.29, 1.82) is 0 Å². The molecule has 0 aliphatic heterocycles. The highest BCUT2D eigenvalue weighted by Gasteiger charge is 2.14. The highest BCUT2D eigenvalue weighted by molar-refractivity contribution is 9.10. The van der Waals surface area contributed by atoms with Gasteiger partial charge >= 0.3 is 0 Å². The largest absolute Gasteiger partial charge is 0.350 e. The van der Waals surface area contributed by atoms with Crippen LogP contribution in [-0.4, -0.2) is 5.91 Å². The van der Waals surface area contributed by atoms with E-state index in [0.717, 1.165) is 15.6 Å². The number of halogens is 1. The second-order valence-electron chi connectivity index (χ2n) is 5.06. The van der Waals surface area contributed by atoms with E-state index in [1.807, 2.05) is 61.5 Å². The van der Waals surface area contributed by atoms with Crippen molar-refractivity contribution in [2.45, 2.75) is 25.4 Å². The zero-order valence-corrected chi connectivity index (χ0v) is 13.5. The Hall–Kier alpha value is -1.65. The van der Waals surface area contributed by atoms with Gasteiger partial charge in [-0.05, 0) is 30.2 Å². The van der Waals surface area contributed by atoms with Crippen molar-refractivity contribution < 1.29 is 4.79 Å². The van der Waals surface area contributed by atoms with Crippen LogP contribution in [0.4, 0.5) is 0 Å². The van der Waals surface area contributed by atoms with Crippen molar-refractivity contribution in [3.05, 3.63) is 70.2 Å². The zero-order chi connectivity index (χ0) is 15.2. The van der Waals surface area contributed by atoms with E-state index in [2.05, 4.69) is 21.2 Å². The standard InChI is InChI=1S/C17H19BrN2O/c1-12(13-7-9-15(18)10-8-13)20-17(21)11-16(19)14-5-3-2-4-6-14/h2-10,12,16H,11,19H2,1H3,(H,20,21)/t12-,16+/m0/s1. The Balaban J connectivity index is 1.91. The lowest BCUT2D eigenvalue weighted by molar-refractivity contribution is -0.122. The van der Waals surface area contributed by atoms with Crippen molar-refractivity contribution in [2.24, 2.45) is 5.73 Å². The average molecular weight is 347 g/mol. The lowest BCUT2D eigenvalue weighted by Crippen LogP contribution is -2.29. The van der Waals surface area contributed by atoms with Gasteiger partial charge < -0.3 is 11.1 Å². The van der Waals surface area contributed by atoms with Crippen molar-refractivity contribution in [2.75, 3.05) is 0 Å². The van der Waals surface area contributed by atoms with Gasteiger partial charge in [0.15, 0.2) is 0 Å². The molecule has 0 aliphatic rings. The number of rotatable bonds is 5. The van der Waals surface area contributed by atoms with Crippen LogP contribution in [0.15, 0.2) is 59.1 Å². The van der Waals surface area contributed by atoms with Gasteiger partial charge in [0.25, 0.3) is 0 Å². The molecular formula is C17H19BrN2O. The highest BCUT2D eigenvalue weighted by Crippen LogP contribution is 2.18. The molecule has 1 amide bonds. The molecule has 0 radical (unpaired) electrons. The molecule has 0 spiro atoms. The number of carbonyl (C=O) groups excluding carboxylic acids is 1. The molecule has 110 valence electrons. The van der Waals surface area contributed by atoms with Crippen LogP contribution in [0.2, 0.25) is 0 Å². The van der Waals surface area contributed by atoms with Crippen LogP contribution in [0.3, 0.4) is 0 Å². The topological polar surface area (TPSA) is 55.1 Å². The van der Waals surface area contributed by atoms with Crippen LogP contribution in [0.5, 0.6) is 0 Å². The molecule has 0 bridgehead atoms. The smallest absolute Gasteiger partial charge is 0.222 e. The van der Waals surface area contributed by atoms with Gasteiger partial charge in [0, 0.05) is 16.9 Å². The Kier molecular flexibility index (Phi) is 5.53. The summed E-state index contributed by atoms with van der Waals surface area (Å²) in [5.74, 6) is -0.0400. The first-order valence-electron chi connectivity index (χ1n) is 6.91. The van der Waals surface area contributed by atoms with E-state index < -0.39 is 0 Å². The summed E-state index contributed by atoms with van der Waals surface area (Å²) in [6.07, 6.45) is 0.283. The van der Waals surface area contributed by atoms with E-state index in [4.69, 9.17) is 5.73 Å². The number of nitrogens with two attached hydrogens (primary N) is 1. The van der Waals surface area contributed by atoms with E-state index in [1.54, 1.807) is 0 Å². The van der Waals surface area contributed by atoms with Gasteiger partial charge in [-0.2, -0.15) is 0 Å². The molecule has 0 saturated carbocycles. The monoisotopic (exact) mass is 346 g/mol. The molecule has 3 N–H and O–H groups in total. The first kappa shape index (κ1) is 15.7.